The number of carbonyl (C=O) groups is 1. The van der Waals surface area contributed by atoms with E-state index in [4.69, 9.17) is 9.15 Å². The second-order valence-corrected chi connectivity index (χ2v) is 5.52. The minimum absolute atomic E-state index is 0.125. The largest absolute Gasteiger partial charge is 0.487 e. The maximum atomic E-state index is 11.4. The standard InChI is InChI=1S/C17H23NO4/c1-4-11(2)18-9-14(20)10-21-15-7-5-6-13-8-16(12(3)19)22-17(13)15/h5-8,11,14,18,20H,4,9-10H2,1-3H3/t11-,14+/m1/s1. The number of ether oxygens (including phenoxy) is 1. The Balaban J connectivity index is 2.00. The summed E-state index contributed by atoms with van der Waals surface area (Å²) in [6.45, 7) is 6.26. The number of aliphatic hydroxyl groups excluding tert-OH is 1. The number of carbonyl (C=O) groups excluding carboxylic acids is 1. The van der Waals surface area contributed by atoms with E-state index in [9.17, 15) is 9.90 Å². The number of nitrogens with one attached hydrogen (secondary N) is 1. The number of hydrogen-bond acceptors (Lipinski definition) is 5. The minimum Gasteiger partial charge on any atom is -0.487 e. The highest BCUT2D eigenvalue weighted by Crippen LogP contribution is 2.29. The highest BCUT2D eigenvalue weighted by atomic mass is 16.5. The third kappa shape index (κ3) is 4.08. The average molecular weight is 305 g/mol. The van der Waals surface area contributed by atoms with Gasteiger partial charge in [0.05, 0.1) is 0 Å². The zero-order chi connectivity index (χ0) is 16.1. The molecule has 22 heavy (non-hydrogen) atoms. The molecule has 0 saturated heterocycles. The van der Waals surface area contributed by atoms with Crippen LogP contribution < -0.4 is 10.1 Å². The summed E-state index contributed by atoms with van der Waals surface area (Å²) in [6, 6.07) is 7.52. The first-order valence-electron chi connectivity index (χ1n) is 7.59. The lowest BCUT2D eigenvalue weighted by molar-refractivity contribution is 0.0984. The van der Waals surface area contributed by atoms with Gasteiger partial charge in [0.2, 0.25) is 0 Å². The van der Waals surface area contributed by atoms with Gasteiger partial charge in [-0.3, -0.25) is 4.79 Å². The maximum Gasteiger partial charge on any atom is 0.194 e. The van der Waals surface area contributed by atoms with E-state index in [-0.39, 0.29) is 12.4 Å². The molecule has 1 aromatic heterocycles. The van der Waals surface area contributed by atoms with Crippen molar-refractivity contribution in [3.63, 3.8) is 0 Å². The summed E-state index contributed by atoms with van der Waals surface area (Å²) >= 11 is 0. The predicted molar refractivity (Wildman–Crippen MR) is 85.5 cm³/mol. The van der Waals surface area contributed by atoms with E-state index in [1.54, 1.807) is 12.1 Å². The van der Waals surface area contributed by atoms with E-state index >= 15 is 0 Å². The van der Waals surface area contributed by atoms with Crippen LogP contribution in [-0.4, -0.2) is 36.2 Å². The number of para-hydroxylation sites is 1. The summed E-state index contributed by atoms with van der Waals surface area (Å²) < 4.78 is 11.2. The Morgan fingerprint density at radius 2 is 2.23 bits per heavy atom. The average Bonchev–Trinajstić information content (AvgIpc) is 2.95. The molecule has 0 aliphatic carbocycles. The normalized spacial score (nSPS) is 14.0. The van der Waals surface area contributed by atoms with Crippen molar-refractivity contribution in [3.8, 4) is 5.75 Å². The molecule has 0 spiro atoms. The van der Waals surface area contributed by atoms with Crippen LogP contribution in [0.1, 0.15) is 37.7 Å². The van der Waals surface area contributed by atoms with Crippen molar-refractivity contribution in [1.29, 1.82) is 0 Å². The third-order valence-electron chi connectivity index (χ3n) is 3.60. The highest BCUT2D eigenvalue weighted by molar-refractivity contribution is 5.97. The van der Waals surface area contributed by atoms with Gasteiger partial charge in [0.25, 0.3) is 0 Å². The molecular weight excluding hydrogens is 282 g/mol. The molecule has 0 aliphatic heterocycles. The van der Waals surface area contributed by atoms with E-state index < -0.39 is 6.10 Å². The molecule has 0 amide bonds. The number of furan rings is 1. The minimum atomic E-state index is -0.605. The van der Waals surface area contributed by atoms with Gasteiger partial charge in [0.1, 0.15) is 12.7 Å². The molecule has 0 radical (unpaired) electrons. The highest BCUT2D eigenvalue weighted by Gasteiger charge is 2.13. The van der Waals surface area contributed by atoms with Crippen LogP contribution in [-0.2, 0) is 0 Å². The van der Waals surface area contributed by atoms with Crippen LogP contribution in [0.25, 0.3) is 11.0 Å². The van der Waals surface area contributed by atoms with Gasteiger partial charge in [-0.05, 0) is 25.5 Å². The summed E-state index contributed by atoms with van der Waals surface area (Å²) in [4.78, 5) is 11.4. The number of hydrogen-bond donors (Lipinski definition) is 2. The van der Waals surface area contributed by atoms with Gasteiger partial charge in [-0.2, -0.15) is 0 Å². The first kappa shape index (κ1) is 16.5. The zero-order valence-corrected chi connectivity index (χ0v) is 13.3. The molecule has 0 bridgehead atoms. The first-order chi connectivity index (χ1) is 10.5. The molecule has 0 fully saturated rings. The fourth-order valence-electron chi connectivity index (χ4n) is 2.05. The fourth-order valence-corrected chi connectivity index (χ4v) is 2.05. The van der Waals surface area contributed by atoms with Crippen molar-refractivity contribution < 1.29 is 19.1 Å². The smallest absolute Gasteiger partial charge is 0.194 e. The molecule has 5 nitrogen and oxygen atoms in total. The summed E-state index contributed by atoms with van der Waals surface area (Å²) in [5, 5.41) is 14.0. The van der Waals surface area contributed by atoms with Crippen LogP contribution in [0.15, 0.2) is 28.7 Å². The van der Waals surface area contributed by atoms with Crippen molar-refractivity contribution >= 4 is 16.8 Å². The molecule has 5 heteroatoms. The number of benzene rings is 1. The van der Waals surface area contributed by atoms with E-state index in [1.807, 2.05) is 12.1 Å². The lowest BCUT2D eigenvalue weighted by atomic mass is 10.2. The van der Waals surface area contributed by atoms with Crippen molar-refractivity contribution in [2.45, 2.75) is 39.3 Å². The number of ketones is 1. The predicted octanol–water partition coefficient (Wildman–Crippen LogP) is 2.76. The molecule has 2 aromatic rings. The van der Waals surface area contributed by atoms with Gasteiger partial charge in [-0.25, -0.2) is 0 Å². The number of aliphatic hydroxyl groups is 1. The molecule has 2 atom stereocenters. The van der Waals surface area contributed by atoms with Crippen molar-refractivity contribution in [2.75, 3.05) is 13.2 Å². The van der Waals surface area contributed by atoms with Crippen molar-refractivity contribution in [2.24, 2.45) is 0 Å². The van der Waals surface area contributed by atoms with E-state index in [0.29, 0.717) is 29.7 Å². The zero-order valence-electron chi connectivity index (χ0n) is 13.3. The molecule has 2 rings (SSSR count). The molecule has 0 unspecified atom stereocenters. The van der Waals surface area contributed by atoms with Crippen LogP contribution in [0.4, 0.5) is 0 Å². The molecule has 0 saturated carbocycles. The first-order valence-corrected chi connectivity index (χ1v) is 7.59. The summed E-state index contributed by atoms with van der Waals surface area (Å²) in [6.07, 6.45) is 0.402. The Kier molecular flexibility index (Phi) is 5.57. The van der Waals surface area contributed by atoms with Gasteiger partial charge in [-0.15, -0.1) is 0 Å². The lowest BCUT2D eigenvalue weighted by Crippen LogP contribution is -2.36. The van der Waals surface area contributed by atoms with E-state index in [0.717, 1.165) is 11.8 Å². The number of fused-ring (bicyclic) bond motifs is 1. The summed E-state index contributed by atoms with van der Waals surface area (Å²) in [5.74, 6) is 0.720. The van der Waals surface area contributed by atoms with Gasteiger partial charge in [-0.1, -0.05) is 19.1 Å². The SMILES string of the molecule is CC[C@@H](C)NC[C@H](O)COc1cccc2cc(C(C)=O)oc12. The summed E-state index contributed by atoms with van der Waals surface area (Å²) in [5.41, 5.74) is 0.537. The van der Waals surface area contributed by atoms with Gasteiger partial charge in [0, 0.05) is 24.9 Å². The van der Waals surface area contributed by atoms with Crippen LogP contribution in [0.3, 0.4) is 0 Å². The second-order valence-electron chi connectivity index (χ2n) is 5.52. The van der Waals surface area contributed by atoms with Gasteiger partial charge in [0.15, 0.2) is 22.9 Å². The molecule has 2 N–H and O–H groups in total. The molecule has 0 aliphatic rings. The number of Topliss-reactive ketones (excluding diaryl/α,β-unsaturated/α-hetero) is 1. The van der Waals surface area contributed by atoms with Gasteiger partial charge < -0.3 is 19.6 Å². The Labute approximate surface area is 130 Å². The number of rotatable bonds is 8. The lowest BCUT2D eigenvalue weighted by Gasteiger charge is -2.16. The fraction of sp³-hybridized carbons (Fsp3) is 0.471. The molecule has 1 aromatic carbocycles. The van der Waals surface area contributed by atoms with Crippen molar-refractivity contribution in [1.82, 2.24) is 5.32 Å². The Hall–Kier alpha value is -1.85. The van der Waals surface area contributed by atoms with Crippen LogP contribution in [0, 0.1) is 0 Å². The second kappa shape index (κ2) is 7.42. The molecular formula is C17H23NO4. The van der Waals surface area contributed by atoms with E-state index in [1.165, 1.54) is 6.92 Å². The van der Waals surface area contributed by atoms with Crippen LogP contribution in [0.5, 0.6) is 5.75 Å². The molecule has 1 heterocycles. The van der Waals surface area contributed by atoms with Crippen molar-refractivity contribution in [3.05, 3.63) is 30.0 Å². The Bertz CT molecular complexity index is 635. The molecule has 120 valence electrons. The topological polar surface area (TPSA) is 71.7 Å². The Morgan fingerprint density at radius 3 is 2.91 bits per heavy atom. The van der Waals surface area contributed by atoms with Gasteiger partial charge >= 0.3 is 0 Å². The monoisotopic (exact) mass is 305 g/mol. The third-order valence-corrected chi connectivity index (χ3v) is 3.60. The quantitative estimate of drug-likeness (QED) is 0.734. The van der Waals surface area contributed by atoms with Crippen LogP contribution >= 0.6 is 0 Å². The van der Waals surface area contributed by atoms with Crippen LogP contribution in [0.2, 0.25) is 0 Å². The van der Waals surface area contributed by atoms with E-state index in [2.05, 4.69) is 19.2 Å². The maximum absolute atomic E-state index is 11.4. The Morgan fingerprint density at radius 1 is 1.45 bits per heavy atom. The summed E-state index contributed by atoms with van der Waals surface area (Å²) in [7, 11) is 0.